The summed E-state index contributed by atoms with van der Waals surface area (Å²) in [6.45, 7) is 7.81. The third-order valence-electron chi connectivity index (χ3n) is 4.50. The summed E-state index contributed by atoms with van der Waals surface area (Å²) in [4.78, 5) is 13.1. The number of rotatable bonds is 4. The van der Waals surface area contributed by atoms with Gasteiger partial charge in [0.2, 0.25) is 0 Å². The van der Waals surface area contributed by atoms with Gasteiger partial charge in [0, 0.05) is 19.2 Å². The van der Waals surface area contributed by atoms with Crippen molar-refractivity contribution in [2.24, 2.45) is 11.8 Å². The van der Waals surface area contributed by atoms with Crippen molar-refractivity contribution in [2.75, 3.05) is 18.0 Å². The molecule has 1 atom stereocenters. The van der Waals surface area contributed by atoms with Crippen molar-refractivity contribution in [1.82, 2.24) is 0 Å². The van der Waals surface area contributed by atoms with Gasteiger partial charge in [-0.05, 0) is 43.2 Å². The monoisotopic (exact) mass is 292 g/mol. The Hall–Kier alpha value is -1.62. The first-order valence-electron chi connectivity index (χ1n) is 7.61. The van der Waals surface area contributed by atoms with Crippen LogP contribution in [-0.4, -0.2) is 23.1 Å². The van der Waals surface area contributed by atoms with E-state index in [2.05, 4.69) is 18.7 Å². The Bertz CT molecular complexity index is 506. The Morgan fingerprint density at radius 1 is 1.29 bits per heavy atom. The maximum atomic E-state index is 11.3. The highest BCUT2D eigenvalue weighted by atomic mass is 16.6. The molecule has 0 radical (unpaired) electrons. The smallest absolute Gasteiger partial charge is 0.292 e. The number of piperidine rings is 1. The topological polar surface area (TPSA) is 66.6 Å². The van der Waals surface area contributed by atoms with E-state index < -0.39 is 6.10 Å². The number of anilines is 1. The third-order valence-corrected chi connectivity index (χ3v) is 4.50. The van der Waals surface area contributed by atoms with Crippen LogP contribution < -0.4 is 4.90 Å². The Morgan fingerprint density at radius 3 is 2.38 bits per heavy atom. The summed E-state index contributed by atoms with van der Waals surface area (Å²) in [6, 6.07) is 5.05. The number of aliphatic hydroxyl groups is 1. The van der Waals surface area contributed by atoms with Crippen molar-refractivity contribution in [3.05, 3.63) is 33.9 Å². The molecule has 1 heterocycles. The van der Waals surface area contributed by atoms with Crippen molar-refractivity contribution in [2.45, 2.75) is 39.7 Å². The number of nitro benzene ring substituents is 1. The molecule has 1 aliphatic heterocycles. The van der Waals surface area contributed by atoms with Gasteiger partial charge in [-0.2, -0.15) is 0 Å². The van der Waals surface area contributed by atoms with Crippen LogP contribution in [0.25, 0.3) is 0 Å². The summed E-state index contributed by atoms with van der Waals surface area (Å²) in [6.07, 6.45) is 1.46. The highest BCUT2D eigenvalue weighted by molar-refractivity contribution is 5.64. The van der Waals surface area contributed by atoms with E-state index in [0.29, 0.717) is 23.1 Å². The van der Waals surface area contributed by atoms with Gasteiger partial charge in [0.25, 0.3) is 5.69 Å². The summed E-state index contributed by atoms with van der Waals surface area (Å²) in [7, 11) is 0. The van der Waals surface area contributed by atoms with Gasteiger partial charge in [0.1, 0.15) is 5.69 Å². The summed E-state index contributed by atoms with van der Waals surface area (Å²) in [5, 5.41) is 20.9. The SMILES string of the molecule is CC(C)C1CCN(c2ccc([C@H](C)O)cc2[N+](=O)[O-])CC1. The minimum atomic E-state index is -0.690. The normalized spacial score (nSPS) is 18.0. The Morgan fingerprint density at radius 2 is 1.90 bits per heavy atom. The van der Waals surface area contributed by atoms with Gasteiger partial charge in [0.15, 0.2) is 0 Å². The predicted octanol–water partition coefficient (Wildman–Crippen LogP) is 3.52. The van der Waals surface area contributed by atoms with Crippen LogP contribution in [0.3, 0.4) is 0 Å². The second kappa shape index (κ2) is 6.43. The molecule has 5 nitrogen and oxygen atoms in total. The average molecular weight is 292 g/mol. The molecule has 0 aliphatic carbocycles. The van der Waals surface area contributed by atoms with Gasteiger partial charge in [-0.1, -0.05) is 19.9 Å². The Labute approximate surface area is 125 Å². The van der Waals surface area contributed by atoms with E-state index in [1.807, 2.05) is 0 Å². The largest absolute Gasteiger partial charge is 0.389 e. The lowest BCUT2D eigenvalue weighted by molar-refractivity contribution is -0.384. The van der Waals surface area contributed by atoms with Gasteiger partial charge in [-0.25, -0.2) is 0 Å². The number of benzene rings is 1. The Kier molecular flexibility index (Phi) is 4.83. The summed E-state index contributed by atoms with van der Waals surface area (Å²) in [5.41, 5.74) is 1.35. The van der Waals surface area contributed by atoms with E-state index in [0.717, 1.165) is 25.9 Å². The van der Waals surface area contributed by atoms with E-state index >= 15 is 0 Å². The molecule has 0 unspecified atom stereocenters. The average Bonchev–Trinajstić information content (AvgIpc) is 2.46. The molecule has 0 bridgehead atoms. The molecular formula is C16H24N2O3. The number of aliphatic hydroxyl groups excluding tert-OH is 1. The van der Waals surface area contributed by atoms with Gasteiger partial charge in [-0.15, -0.1) is 0 Å². The van der Waals surface area contributed by atoms with Crippen LogP contribution in [-0.2, 0) is 0 Å². The van der Waals surface area contributed by atoms with Crippen molar-refractivity contribution < 1.29 is 10.0 Å². The third kappa shape index (κ3) is 3.53. The van der Waals surface area contributed by atoms with Crippen LogP contribution in [0.1, 0.15) is 45.3 Å². The zero-order chi connectivity index (χ0) is 15.6. The first-order valence-corrected chi connectivity index (χ1v) is 7.61. The highest BCUT2D eigenvalue weighted by Gasteiger charge is 2.26. The summed E-state index contributed by atoms with van der Waals surface area (Å²) < 4.78 is 0. The lowest BCUT2D eigenvalue weighted by Crippen LogP contribution is -2.35. The second-order valence-corrected chi connectivity index (χ2v) is 6.25. The minimum Gasteiger partial charge on any atom is -0.389 e. The molecule has 0 spiro atoms. The molecule has 0 aromatic heterocycles. The fraction of sp³-hybridized carbons (Fsp3) is 0.625. The van der Waals surface area contributed by atoms with Crippen LogP contribution >= 0.6 is 0 Å². The van der Waals surface area contributed by atoms with Gasteiger partial charge in [-0.3, -0.25) is 10.1 Å². The molecule has 1 saturated heterocycles. The fourth-order valence-corrected chi connectivity index (χ4v) is 3.02. The van der Waals surface area contributed by atoms with Crippen LogP contribution in [0.4, 0.5) is 11.4 Å². The van der Waals surface area contributed by atoms with E-state index in [4.69, 9.17) is 0 Å². The van der Waals surface area contributed by atoms with Crippen LogP contribution in [0.15, 0.2) is 18.2 Å². The number of nitrogens with zero attached hydrogens (tertiary/aromatic N) is 2. The van der Waals surface area contributed by atoms with Crippen molar-refractivity contribution in [3.8, 4) is 0 Å². The Balaban J connectivity index is 2.22. The highest BCUT2D eigenvalue weighted by Crippen LogP contribution is 2.34. The van der Waals surface area contributed by atoms with E-state index in [1.54, 1.807) is 19.1 Å². The zero-order valence-corrected chi connectivity index (χ0v) is 13.0. The van der Waals surface area contributed by atoms with Crippen molar-refractivity contribution in [3.63, 3.8) is 0 Å². The van der Waals surface area contributed by atoms with Crippen LogP contribution in [0, 0.1) is 22.0 Å². The van der Waals surface area contributed by atoms with E-state index in [-0.39, 0.29) is 10.6 Å². The number of nitro groups is 1. The van der Waals surface area contributed by atoms with Crippen molar-refractivity contribution >= 4 is 11.4 Å². The quantitative estimate of drug-likeness (QED) is 0.681. The molecule has 5 heteroatoms. The van der Waals surface area contributed by atoms with E-state index in [1.165, 1.54) is 6.07 Å². The fourth-order valence-electron chi connectivity index (χ4n) is 3.02. The molecule has 1 aliphatic rings. The molecule has 21 heavy (non-hydrogen) atoms. The molecule has 1 N–H and O–H groups in total. The maximum Gasteiger partial charge on any atom is 0.292 e. The number of hydrogen-bond donors (Lipinski definition) is 1. The van der Waals surface area contributed by atoms with Crippen LogP contribution in [0.5, 0.6) is 0 Å². The molecule has 2 rings (SSSR count). The van der Waals surface area contributed by atoms with Gasteiger partial charge < -0.3 is 10.0 Å². The molecule has 1 fully saturated rings. The summed E-state index contributed by atoms with van der Waals surface area (Å²) in [5.74, 6) is 1.37. The standard InChI is InChI=1S/C16H24N2O3/c1-11(2)13-6-8-17(9-7-13)15-5-4-14(12(3)19)10-16(15)18(20)21/h4-5,10-13,19H,6-9H2,1-3H3/t12-/m0/s1. The summed E-state index contributed by atoms with van der Waals surface area (Å²) >= 11 is 0. The molecule has 0 saturated carbocycles. The van der Waals surface area contributed by atoms with Gasteiger partial charge in [0.05, 0.1) is 11.0 Å². The predicted molar refractivity (Wildman–Crippen MR) is 83.5 cm³/mol. The van der Waals surface area contributed by atoms with Gasteiger partial charge >= 0.3 is 0 Å². The molecular weight excluding hydrogens is 268 g/mol. The lowest BCUT2D eigenvalue weighted by Gasteiger charge is -2.35. The first-order chi connectivity index (χ1) is 9.90. The first kappa shape index (κ1) is 15.8. The molecule has 116 valence electrons. The lowest BCUT2D eigenvalue weighted by atomic mass is 9.86. The molecule has 1 aromatic carbocycles. The second-order valence-electron chi connectivity index (χ2n) is 6.25. The maximum absolute atomic E-state index is 11.3. The molecule has 1 aromatic rings. The zero-order valence-electron chi connectivity index (χ0n) is 13.0. The molecule has 0 amide bonds. The number of hydrogen-bond acceptors (Lipinski definition) is 4. The van der Waals surface area contributed by atoms with Crippen molar-refractivity contribution in [1.29, 1.82) is 0 Å². The van der Waals surface area contributed by atoms with E-state index in [9.17, 15) is 15.2 Å². The van der Waals surface area contributed by atoms with Crippen LogP contribution in [0.2, 0.25) is 0 Å². The minimum absolute atomic E-state index is 0.0939.